The molecule has 1 aromatic rings. The van der Waals surface area contributed by atoms with Crippen LogP contribution < -0.4 is 10.2 Å². The molecular weight excluding hydrogens is 358 g/mol. The fourth-order valence-electron chi connectivity index (χ4n) is 5.07. The van der Waals surface area contributed by atoms with E-state index in [0.29, 0.717) is 6.54 Å². The predicted octanol–water partition coefficient (Wildman–Crippen LogP) is 2.09. The Hall–Kier alpha value is -2.41. The Balaban J connectivity index is 1.93. The van der Waals surface area contributed by atoms with Crippen molar-refractivity contribution >= 4 is 23.5 Å². The van der Waals surface area contributed by atoms with Crippen molar-refractivity contribution in [1.82, 2.24) is 10.2 Å². The third-order valence-corrected chi connectivity index (χ3v) is 6.04. The third-order valence-electron chi connectivity index (χ3n) is 6.04. The molecule has 1 spiro atoms. The predicted molar refractivity (Wildman–Crippen MR) is 104 cm³/mol. The van der Waals surface area contributed by atoms with Crippen LogP contribution in [0, 0.1) is 5.41 Å². The number of amides is 4. The molecule has 0 aromatic heterocycles. The van der Waals surface area contributed by atoms with Gasteiger partial charge < -0.3 is 9.64 Å². The molecule has 3 aliphatic heterocycles. The van der Waals surface area contributed by atoms with Gasteiger partial charge in [-0.05, 0) is 52.7 Å². The van der Waals surface area contributed by atoms with Crippen molar-refractivity contribution in [3.8, 4) is 0 Å². The van der Waals surface area contributed by atoms with Crippen LogP contribution in [0.1, 0.15) is 40.2 Å². The fraction of sp³-hybridized carbons (Fsp3) is 0.571. The van der Waals surface area contributed by atoms with Crippen molar-refractivity contribution in [2.24, 2.45) is 5.41 Å². The summed E-state index contributed by atoms with van der Waals surface area (Å²) in [6.45, 7) is 9.87. The number of ether oxygens (including phenoxy) is 1. The van der Waals surface area contributed by atoms with E-state index in [2.05, 4.69) is 10.2 Å². The molecule has 4 rings (SSSR count). The van der Waals surface area contributed by atoms with Gasteiger partial charge >= 0.3 is 6.03 Å². The lowest BCUT2D eigenvalue weighted by atomic mass is 9.66. The maximum atomic E-state index is 13.8. The summed E-state index contributed by atoms with van der Waals surface area (Å²) in [6.07, 6.45) is -0.130. The average molecular weight is 385 g/mol. The molecule has 7 heteroatoms. The summed E-state index contributed by atoms with van der Waals surface area (Å²) in [4.78, 5) is 43.0. The van der Waals surface area contributed by atoms with Gasteiger partial charge in [0.1, 0.15) is 0 Å². The topological polar surface area (TPSA) is 79.0 Å². The summed E-state index contributed by atoms with van der Waals surface area (Å²) in [5, 5.41) is 2.47. The summed E-state index contributed by atoms with van der Waals surface area (Å²) in [6, 6.07) is 6.72. The van der Waals surface area contributed by atoms with Crippen LogP contribution in [-0.4, -0.2) is 53.1 Å². The SMILES string of the molecule is CC1CN2c3ccccc3CC3(C(=O)NC(=O)N(C(C)(C)C)C3=O)C2C(C)O1. The maximum absolute atomic E-state index is 13.8. The second-order valence-corrected chi connectivity index (χ2v) is 9.10. The van der Waals surface area contributed by atoms with Gasteiger partial charge in [0.2, 0.25) is 11.8 Å². The first-order valence-corrected chi connectivity index (χ1v) is 9.77. The van der Waals surface area contributed by atoms with Gasteiger partial charge in [0, 0.05) is 17.8 Å². The molecule has 4 amide bonds. The molecule has 4 unspecified atom stereocenters. The first-order chi connectivity index (χ1) is 13.1. The van der Waals surface area contributed by atoms with Gasteiger partial charge in [-0.2, -0.15) is 0 Å². The van der Waals surface area contributed by atoms with Gasteiger partial charge in [0.15, 0.2) is 5.41 Å². The molecule has 150 valence electrons. The summed E-state index contributed by atoms with van der Waals surface area (Å²) in [5.41, 5.74) is -0.190. The molecule has 2 saturated heterocycles. The Morgan fingerprint density at radius 1 is 1.14 bits per heavy atom. The van der Waals surface area contributed by atoms with Gasteiger partial charge in [-0.1, -0.05) is 18.2 Å². The molecule has 28 heavy (non-hydrogen) atoms. The van der Waals surface area contributed by atoms with Crippen molar-refractivity contribution in [2.45, 2.75) is 64.8 Å². The monoisotopic (exact) mass is 385 g/mol. The van der Waals surface area contributed by atoms with Crippen molar-refractivity contribution in [3.05, 3.63) is 29.8 Å². The number of morpholine rings is 1. The van der Waals surface area contributed by atoms with Crippen LogP contribution >= 0.6 is 0 Å². The zero-order valence-corrected chi connectivity index (χ0v) is 17.0. The quantitative estimate of drug-likeness (QED) is 0.692. The summed E-state index contributed by atoms with van der Waals surface area (Å²) >= 11 is 0. The van der Waals surface area contributed by atoms with Crippen LogP contribution in [0.2, 0.25) is 0 Å². The van der Waals surface area contributed by atoms with E-state index in [1.54, 1.807) is 20.8 Å². The normalized spacial score (nSPS) is 32.9. The van der Waals surface area contributed by atoms with Crippen LogP contribution in [0.25, 0.3) is 0 Å². The number of imide groups is 2. The van der Waals surface area contributed by atoms with Gasteiger partial charge in [0.05, 0.1) is 18.2 Å². The second kappa shape index (κ2) is 6.04. The van der Waals surface area contributed by atoms with E-state index in [-0.39, 0.29) is 18.6 Å². The van der Waals surface area contributed by atoms with Gasteiger partial charge in [-0.15, -0.1) is 0 Å². The highest BCUT2D eigenvalue weighted by atomic mass is 16.5. The molecule has 1 aromatic carbocycles. The zero-order chi connectivity index (χ0) is 20.4. The van der Waals surface area contributed by atoms with Crippen LogP contribution in [0.4, 0.5) is 10.5 Å². The first-order valence-electron chi connectivity index (χ1n) is 9.77. The number of barbiturate groups is 1. The largest absolute Gasteiger partial charge is 0.372 e. The van der Waals surface area contributed by atoms with Gasteiger partial charge in [0.25, 0.3) is 0 Å². The maximum Gasteiger partial charge on any atom is 0.331 e. The Morgan fingerprint density at radius 3 is 2.50 bits per heavy atom. The molecule has 7 nitrogen and oxygen atoms in total. The molecule has 1 N–H and O–H groups in total. The minimum atomic E-state index is -1.41. The van der Waals surface area contributed by atoms with Crippen LogP contribution in [0.15, 0.2) is 24.3 Å². The number of benzene rings is 1. The Kier molecular flexibility index (Phi) is 4.08. The van der Waals surface area contributed by atoms with Crippen LogP contribution in [0.5, 0.6) is 0 Å². The zero-order valence-electron chi connectivity index (χ0n) is 17.0. The van der Waals surface area contributed by atoms with Crippen molar-refractivity contribution in [3.63, 3.8) is 0 Å². The fourth-order valence-corrected chi connectivity index (χ4v) is 5.07. The molecule has 2 fully saturated rings. The number of anilines is 1. The van der Waals surface area contributed by atoms with Crippen LogP contribution in [-0.2, 0) is 20.7 Å². The van der Waals surface area contributed by atoms with E-state index in [0.717, 1.165) is 11.3 Å². The average Bonchev–Trinajstić information content (AvgIpc) is 2.58. The number of para-hydroxylation sites is 1. The Labute approximate surface area is 165 Å². The molecule has 0 saturated carbocycles. The Bertz CT molecular complexity index is 861. The number of hydrogen-bond donors (Lipinski definition) is 1. The number of carbonyl (C=O) groups excluding carboxylic acids is 3. The smallest absolute Gasteiger partial charge is 0.331 e. The lowest BCUT2D eigenvalue weighted by Gasteiger charge is -2.57. The lowest BCUT2D eigenvalue weighted by molar-refractivity contribution is -0.163. The first kappa shape index (κ1) is 18.9. The lowest BCUT2D eigenvalue weighted by Crippen LogP contribution is -2.77. The van der Waals surface area contributed by atoms with E-state index < -0.39 is 34.8 Å². The van der Waals surface area contributed by atoms with E-state index in [9.17, 15) is 14.4 Å². The number of hydrogen-bond acceptors (Lipinski definition) is 5. The molecule has 3 aliphatic rings. The van der Waals surface area contributed by atoms with Gasteiger partial charge in [-0.3, -0.25) is 19.8 Å². The third kappa shape index (κ3) is 2.49. The van der Waals surface area contributed by atoms with Crippen molar-refractivity contribution < 1.29 is 19.1 Å². The minimum Gasteiger partial charge on any atom is -0.372 e. The highest BCUT2D eigenvalue weighted by Gasteiger charge is 2.65. The molecule has 0 aliphatic carbocycles. The van der Waals surface area contributed by atoms with E-state index >= 15 is 0 Å². The number of fused-ring (bicyclic) bond motifs is 4. The highest BCUT2D eigenvalue weighted by molar-refractivity contribution is 6.20. The molecule has 0 radical (unpaired) electrons. The summed E-state index contributed by atoms with van der Waals surface area (Å²) < 4.78 is 6.07. The van der Waals surface area contributed by atoms with E-state index in [4.69, 9.17) is 4.74 Å². The number of carbonyl (C=O) groups is 3. The number of rotatable bonds is 0. The van der Waals surface area contributed by atoms with Crippen LogP contribution in [0.3, 0.4) is 0 Å². The van der Waals surface area contributed by atoms with Crippen molar-refractivity contribution in [1.29, 1.82) is 0 Å². The minimum absolute atomic E-state index is 0.0310. The second-order valence-electron chi connectivity index (χ2n) is 9.10. The Morgan fingerprint density at radius 2 is 1.82 bits per heavy atom. The summed E-state index contributed by atoms with van der Waals surface area (Å²) in [5.74, 6) is -0.972. The standard InChI is InChI=1S/C21H27N3O4/c1-12-11-23-15-9-7-6-8-14(15)10-21(16(23)13(2)28-12)17(25)22-19(27)24(18(21)26)20(3,4)5/h6-9,12-13,16H,10-11H2,1-5H3,(H,22,25,27). The highest BCUT2D eigenvalue weighted by Crippen LogP contribution is 2.48. The number of nitrogens with zero attached hydrogens (tertiary/aromatic N) is 2. The number of urea groups is 1. The summed E-state index contributed by atoms with van der Waals surface area (Å²) in [7, 11) is 0. The van der Waals surface area contributed by atoms with Crippen molar-refractivity contribution in [2.75, 3.05) is 11.4 Å². The number of nitrogens with one attached hydrogen (secondary N) is 1. The molecule has 4 atom stereocenters. The molecular formula is C21H27N3O4. The van der Waals surface area contributed by atoms with E-state index in [1.165, 1.54) is 4.90 Å². The van der Waals surface area contributed by atoms with E-state index in [1.807, 2.05) is 38.1 Å². The molecule has 3 heterocycles. The molecule has 0 bridgehead atoms. The van der Waals surface area contributed by atoms with Gasteiger partial charge in [-0.25, -0.2) is 4.79 Å².